The number of aromatic nitrogens is 2. The van der Waals surface area contributed by atoms with E-state index in [2.05, 4.69) is 33.7 Å². The Balaban J connectivity index is 2.15. The van der Waals surface area contributed by atoms with Gasteiger partial charge in [-0.15, -0.1) is 23.7 Å². The summed E-state index contributed by atoms with van der Waals surface area (Å²) in [6, 6.07) is 0. The van der Waals surface area contributed by atoms with Gasteiger partial charge in [0.1, 0.15) is 0 Å². The van der Waals surface area contributed by atoms with Gasteiger partial charge in [0, 0.05) is 30.6 Å². The maximum Gasteiger partial charge on any atom is 0.194 e. The molecule has 0 spiro atoms. The van der Waals surface area contributed by atoms with Gasteiger partial charge in [-0.1, -0.05) is 0 Å². The predicted molar refractivity (Wildman–Crippen MR) is 67.7 cm³/mol. The van der Waals surface area contributed by atoms with Crippen LogP contribution in [0.15, 0.2) is 6.20 Å². The highest BCUT2D eigenvalue weighted by Gasteiger charge is 2.09. The predicted octanol–water partition coefficient (Wildman–Crippen LogP) is 2.13. The van der Waals surface area contributed by atoms with Crippen molar-refractivity contribution in [3.63, 3.8) is 0 Å². The molecule has 0 aliphatic carbocycles. The lowest BCUT2D eigenvalue weighted by Crippen LogP contribution is -2.16. The van der Waals surface area contributed by atoms with Gasteiger partial charge in [0.2, 0.25) is 0 Å². The fraction of sp³-hybridized carbons (Fsp3) is 0.417. The smallest absolute Gasteiger partial charge is 0.194 e. The molecule has 0 unspecified atom stereocenters. The standard InChI is InChI=1S/C12H15N3S/c1-4-5-6-13-7-11-10(3)14-12-15(11)8-9(2)16-12/h1,8,13H,5-7H2,2-3H3. The summed E-state index contributed by atoms with van der Waals surface area (Å²) in [4.78, 5) is 6.89. The molecule has 4 heteroatoms. The lowest BCUT2D eigenvalue weighted by atomic mass is 10.3. The third-order valence-electron chi connectivity index (χ3n) is 2.48. The van der Waals surface area contributed by atoms with E-state index in [0.717, 1.165) is 30.2 Å². The van der Waals surface area contributed by atoms with E-state index < -0.39 is 0 Å². The van der Waals surface area contributed by atoms with Crippen molar-refractivity contribution in [2.24, 2.45) is 0 Å². The minimum absolute atomic E-state index is 0.768. The van der Waals surface area contributed by atoms with Crippen molar-refractivity contribution in [2.45, 2.75) is 26.8 Å². The average Bonchev–Trinajstić information content (AvgIpc) is 2.70. The van der Waals surface area contributed by atoms with Crippen molar-refractivity contribution in [2.75, 3.05) is 6.54 Å². The van der Waals surface area contributed by atoms with Crippen LogP contribution in [0.2, 0.25) is 0 Å². The molecular weight excluding hydrogens is 218 g/mol. The van der Waals surface area contributed by atoms with Crippen molar-refractivity contribution in [1.29, 1.82) is 0 Å². The first-order valence-corrected chi connectivity index (χ1v) is 6.12. The van der Waals surface area contributed by atoms with Gasteiger partial charge < -0.3 is 5.32 Å². The van der Waals surface area contributed by atoms with E-state index >= 15 is 0 Å². The second-order valence-corrected chi connectivity index (χ2v) is 4.98. The zero-order valence-electron chi connectivity index (χ0n) is 9.58. The summed E-state index contributed by atoms with van der Waals surface area (Å²) in [5, 5.41) is 3.33. The molecule has 0 saturated heterocycles. The largest absolute Gasteiger partial charge is 0.310 e. The number of aryl methyl sites for hydroxylation is 2. The molecule has 2 aromatic heterocycles. The van der Waals surface area contributed by atoms with Crippen molar-refractivity contribution < 1.29 is 0 Å². The first-order chi connectivity index (χ1) is 7.72. The highest BCUT2D eigenvalue weighted by molar-refractivity contribution is 7.17. The summed E-state index contributed by atoms with van der Waals surface area (Å²) in [5.74, 6) is 2.62. The molecule has 0 amide bonds. The number of rotatable bonds is 4. The topological polar surface area (TPSA) is 29.3 Å². The Morgan fingerprint density at radius 1 is 1.56 bits per heavy atom. The van der Waals surface area contributed by atoms with E-state index in [1.807, 2.05) is 6.92 Å². The zero-order chi connectivity index (χ0) is 11.5. The van der Waals surface area contributed by atoms with Crippen molar-refractivity contribution >= 4 is 16.3 Å². The van der Waals surface area contributed by atoms with E-state index in [9.17, 15) is 0 Å². The van der Waals surface area contributed by atoms with Gasteiger partial charge in [0.05, 0.1) is 11.4 Å². The van der Waals surface area contributed by atoms with Crippen LogP contribution in [0.4, 0.5) is 0 Å². The first-order valence-electron chi connectivity index (χ1n) is 5.30. The van der Waals surface area contributed by atoms with Gasteiger partial charge in [-0.25, -0.2) is 4.98 Å². The lowest BCUT2D eigenvalue weighted by molar-refractivity contribution is 0.680. The molecule has 0 bridgehead atoms. The summed E-state index contributed by atoms with van der Waals surface area (Å²) >= 11 is 1.72. The first kappa shape index (κ1) is 11.2. The molecule has 0 atom stereocenters. The van der Waals surface area contributed by atoms with Gasteiger partial charge >= 0.3 is 0 Å². The van der Waals surface area contributed by atoms with Crippen LogP contribution in [0.3, 0.4) is 0 Å². The maximum absolute atomic E-state index is 5.21. The van der Waals surface area contributed by atoms with Crippen molar-refractivity contribution in [3.8, 4) is 12.3 Å². The van der Waals surface area contributed by atoms with Crippen LogP contribution in [0.5, 0.6) is 0 Å². The zero-order valence-corrected chi connectivity index (χ0v) is 10.4. The van der Waals surface area contributed by atoms with E-state index in [0.29, 0.717) is 0 Å². The highest BCUT2D eigenvalue weighted by atomic mass is 32.1. The third kappa shape index (κ3) is 2.11. The summed E-state index contributed by atoms with van der Waals surface area (Å²) < 4.78 is 2.16. The number of nitrogens with zero attached hydrogens (tertiary/aromatic N) is 2. The Labute approximate surface area is 99.5 Å². The third-order valence-corrected chi connectivity index (χ3v) is 3.38. The Morgan fingerprint density at radius 2 is 2.38 bits per heavy atom. The number of nitrogens with one attached hydrogen (secondary N) is 1. The summed E-state index contributed by atoms with van der Waals surface area (Å²) in [6.45, 7) is 5.83. The van der Waals surface area contributed by atoms with Crippen molar-refractivity contribution in [3.05, 3.63) is 22.5 Å². The number of hydrogen-bond donors (Lipinski definition) is 1. The second kappa shape index (κ2) is 4.69. The Morgan fingerprint density at radius 3 is 3.12 bits per heavy atom. The second-order valence-electron chi connectivity index (χ2n) is 3.77. The molecule has 0 saturated carbocycles. The number of hydrogen-bond acceptors (Lipinski definition) is 3. The average molecular weight is 233 g/mol. The monoisotopic (exact) mass is 233 g/mol. The maximum atomic E-state index is 5.21. The Bertz CT molecular complexity index is 530. The summed E-state index contributed by atoms with van der Waals surface area (Å²) in [7, 11) is 0. The lowest BCUT2D eigenvalue weighted by Gasteiger charge is -2.02. The quantitative estimate of drug-likeness (QED) is 0.647. The van der Waals surface area contributed by atoms with Gasteiger partial charge in [-0.2, -0.15) is 0 Å². The molecule has 0 radical (unpaired) electrons. The van der Waals surface area contributed by atoms with Gasteiger partial charge in [0.25, 0.3) is 0 Å². The van der Waals surface area contributed by atoms with E-state index in [-0.39, 0.29) is 0 Å². The van der Waals surface area contributed by atoms with Gasteiger partial charge in [0.15, 0.2) is 4.96 Å². The van der Waals surface area contributed by atoms with Crippen LogP contribution >= 0.6 is 11.3 Å². The molecule has 0 fully saturated rings. The van der Waals surface area contributed by atoms with Crippen LogP contribution in [0, 0.1) is 26.2 Å². The normalized spacial score (nSPS) is 10.8. The van der Waals surface area contributed by atoms with Crippen LogP contribution < -0.4 is 5.32 Å². The van der Waals surface area contributed by atoms with Crippen LogP contribution in [0.25, 0.3) is 4.96 Å². The molecular formula is C12H15N3S. The summed E-state index contributed by atoms with van der Waals surface area (Å²) in [5.41, 5.74) is 2.33. The van der Waals surface area contributed by atoms with E-state index in [1.165, 1.54) is 10.6 Å². The summed E-state index contributed by atoms with van der Waals surface area (Å²) in [6.07, 6.45) is 8.11. The SMILES string of the molecule is C#CCCNCc1c(C)nc2sc(C)cn12. The number of terminal acetylenes is 1. The highest BCUT2D eigenvalue weighted by Crippen LogP contribution is 2.20. The van der Waals surface area contributed by atoms with Gasteiger partial charge in [-0.3, -0.25) is 4.40 Å². The van der Waals surface area contributed by atoms with E-state index in [4.69, 9.17) is 6.42 Å². The fourth-order valence-corrected chi connectivity index (χ4v) is 2.58. The van der Waals surface area contributed by atoms with Crippen LogP contribution in [0.1, 0.15) is 22.7 Å². The molecule has 0 aliphatic heterocycles. The van der Waals surface area contributed by atoms with E-state index in [1.54, 1.807) is 11.3 Å². The minimum Gasteiger partial charge on any atom is -0.310 e. The Kier molecular flexibility index (Phi) is 3.28. The Hall–Kier alpha value is -1.31. The molecule has 2 aromatic rings. The molecule has 2 rings (SSSR count). The fourth-order valence-electron chi connectivity index (χ4n) is 1.69. The van der Waals surface area contributed by atoms with Crippen LogP contribution in [-0.4, -0.2) is 15.9 Å². The minimum atomic E-state index is 0.768. The molecule has 2 heterocycles. The van der Waals surface area contributed by atoms with Crippen molar-refractivity contribution in [1.82, 2.24) is 14.7 Å². The number of imidazole rings is 1. The molecule has 84 valence electrons. The number of thiazole rings is 1. The number of fused-ring (bicyclic) bond motifs is 1. The molecule has 1 N–H and O–H groups in total. The molecule has 0 aliphatic rings. The molecule has 3 nitrogen and oxygen atoms in total. The molecule has 16 heavy (non-hydrogen) atoms. The van der Waals surface area contributed by atoms with Crippen LogP contribution in [-0.2, 0) is 6.54 Å². The van der Waals surface area contributed by atoms with Gasteiger partial charge in [-0.05, 0) is 13.8 Å². The molecule has 0 aromatic carbocycles.